The quantitative estimate of drug-likeness (QED) is 0.940. The normalized spacial score (nSPS) is 19.6. The second-order valence-corrected chi connectivity index (χ2v) is 5.79. The molecule has 0 unspecified atom stereocenters. The van der Waals surface area contributed by atoms with Crippen molar-refractivity contribution in [3.05, 3.63) is 29.8 Å². The van der Waals surface area contributed by atoms with E-state index in [1.54, 1.807) is 6.07 Å². The van der Waals surface area contributed by atoms with E-state index in [2.05, 4.69) is 14.5 Å². The Kier molecular flexibility index (Phi) is 4.11. The molecule has 0 radical (unpaired) electrons. The molecule has 1 aromatic carbocycles. The molecule has 1 fully saturated rings. The molecule has 1 saturated heterocycles. The molecule has 1 aliphatic rings. The van der Waals surface area contributed by atoms with E-state index in [-0.39, 0.29) is 17.8 Å². The number of carbonyl (C=O) groups is 1. The van der Waals surface area contributed by atoms with Gasteiger partial charge in [0.05, 0.1) is 23.6 Å². The van der Waals surface area contributed by atoms with Crippen LogP contribution >= 0.6 is 0 Å². The lowest BCUT2D eigenvalue weighted by atomic mass is 10.0. The highest BCUT2D eigenvalue weighted by Crippen LogP contribution is 2.22. The van der Waals surface area contributed by atoms with E-state index in [0.717, 1.165) is 43.7 Å². The molecule has 0 spiro atoms. The highest BCUT2D eigenvalue weighted by atomic mass is 19.1. The van der Waals surface area contributed by atoms with Gasteiger partial charge in [-0.15, -0.1) is 0 Å². The number of nitrogens with two attached hydrogens (primary N) is 1. The third kappa shape index (κ3) is 2.70. The summed E-state index contributed by atoms with van der Waals surface area (Å²) < 4.78 is 15.5. The molecule has 118 valence electrons. The Balaban J connectivity index is 1.93. The van der Waals surface area contributed by atoms with Gasteiger partial charge in [0.2, 0.25) is 5.91 Å². The summed E-state index contributed by atoms with van der Waals surface area (Å²) in [5.74, 6) is 0.300. The summed E-state index contributed by atoms with van der Waals surface area (Å²) in [7, 11) is 0. The molecule has 5 nitrogen and oxygen atoms in total. The smallest absolute Gasteiger partial charge is 0.234 e. The molecule has 3 rings (SSSR count). The maximum Gasteiger partial charge on any atom is 0.234 e. The number of halogens is 1. The number of aromatic nitrogens is 2. The Hall–Kier alpha value is -1.95. The minimum absolute atomic E-state index is 0.226. The average molecular weight is 304 g/mol. The van der Waals surface area contributed by atoms with E-state index in [1.807, 2.05) is 6.92 Å². The molecule has 2 heterocycles. The van der Waals surface area contributed by atoms with Crippen LogP contribution in [0.2, 0.25) is 0 Å². The molecule has 1 aromatic heterocycles. The van der Waals surface area contributed by atoms with Crippen LogP contribution in [0.3, 0.4) is 0 Å². The second kappa shape index (κ2) is 6.04. The highest BCUT2D eigenvalue weighted by Gasteiger charge is 2.28. The lowest BCUT2D eigenvalue weighted by molar-refractivity contribution is -0.124. The predicted octanol–water partition coefficient (Wildman–Crippen LogP) is 2.04. The van der Waals surface area contributed by atoms with Crippen LogP contribution in [0, 0.1) is 5.82 Å². The summed E-state index contributed by atoms with van der Waals surface area (Å²) in [4.78, 5) is 18.3. The molecular formula is C16H21FN4O. The molecule has 1 aliphatic heterocycles. The van der Waals surface area contributed by atoms with Gasteiger partial charge in [-0.3, -0.25) is 9.69 Å². The summed E-state index contributed by atoms with van der Waals surface area (Å²) in [6, 6.07) is 4.43. The highest BCUT2D eigenvalue weighted by molar-refractivity contribution is 5.80. The summed E-state index contributed by atoms with van der Waals surface area (Å²) in [6.45, 7) is 4.20. The molecule has 0 aliphatic carbocycles. The predicted molar refractivity (Wildman–Crippen MR) is 82.6 cm³/mol. The molecule has 6 heteroatoms. The Labute approximate surface area is 128 Å². The number of aryl methyl sites for hydroxylation is 1. The Morgan fingerprint density at radius 3 is 3.00 bits per heavy atom. The molecule has 2 N–H and O–H groups in total. The van der Waals surface area contributed by atoms with Crippen molar-refractivity contribution >= 4 is 16.9 Å². The van der Waals surface area contributed by atoms with Crippen molar-refractivity contribution in [3.63, 3.8) is 0 Å². The van der Waals surface area contributed by atoms with Crippen LogP contribution in [-0.2, 0) is 17.9 Å². The van der Waals surface area contributed by atoms with E-state index >= 15 is 0 Å². The summed E-state index contributed by atoms with van der Waals surface area (Å²) in [5, 5.41) is 0. The number of primary amides is 1. The number of carbonyl (C=O) groups excluding carboxylic acids is 1. The fraction of sp³-hybridized carbons (Fsp3) is 0.500. The van der Waals surface area contributed by atoms with Crippen LogP contribution in [0.1, 0.15) is 32.0 Å². The maximum atomic E-state index is 13.4. The van der Waals surface area contributed by atoms with Crippen molar-refractivity contribution < 1.29 is 9.18 Å². The van der Waals surface area contributed by atoms with E-state index in [9.17, 15) is 9.18 Å². The molecule has 0 bridgehead atoms. The molecule has 0 saturated carbocycles. The van der Waals surface area contributed by atoms with Crippen molar-refractivity contribution in [1.82, 2.24) is 14.5 Å². The first-order valence-corrected chi connectivity index (χ1v) is 7.78. The number of likely N-dealkylation sites (tertiary alicyclic amines) is 1. The minimum atomic E-state index is -0.284. The number of nitrogens with zero attached hydrogens (tertiary/aromatic N) is 3. The lowest BCUT2D eigenvalue weighted by Gasteiger charge is -2.33. The zero-order valence-electron chi connectivity index (χ0n) is 12.8. The topological polar surface area (TPSA) is 64.2 Å². The first kappa shape index (κ1) is 15.0. The van der Waals surface area contributed by atoms with E-state index < -0.39 is 0 Å². The lowest BCUT2D eigenvalue weighted by Crippen LogP contribution is -2.47. The zero-order valence-corrected chi connectivity index (χ0v) is 12.8. The SMILES string of the molecule is CCn1c(CN2CCCC[C@@H]2C(N)=O)nc2cc(F)ccc21. The molecule has 1 atom stereocenters. The average Bonchev–Trinajstić information content (AvgIpc) is 2.83. The van der Waals surface area contributed by atoms with Crippen molar-refractivity contribution in [3.8, 4) is 0 Å². The van der Waals surface area contributed by atoms with Gasteiger partial charge in [0.15, 0.2) is 0 Å². The Morgan fingerprint density at radius 2 is 2.27 bits per heavy atom. The summed E-state index contributed by atoms with van der Waals surface area (Å²) in [6.07, 6.45) is 2.89. The number of fused-ring (bicyclic) bond motifs is 1. The van der Waals surface area contributed by atoms with Crippen LogP contribution in [0.5, 0.6) is 0 Å². The Morgan fingerprint density at radius 1 is 1.45 bits per heavy atom. The van der Waals surface area contributed by atoms with Crippen LogP contribution in [-0.4, -0.2) is 32.9 Å². The first-order valence-electron chi connectivity index (χ1n) is 7.78. The van der Waals surface area contributed by atoms with Crippen LogP contribution in [0.25, 0.3) is 11.0 Å². The van der Waals surface area contributed by atoms with E-state index in [0.29, 0.717) is 12.1 Å². The third-order valence-electron chi connectivity index (χ3n) is 4.39. The van der Waals surface area contributed by atoms with Gasteiger partial charge in [-0.2, -0.15) is 0 Å². The van der Waals surface area contributed by atoms with E-state index in [4.69, 9.17) is 5.73 Å². The van der Waals surface area contributed by atoms with Gasteiger partial charge in [-0.1, -0.05) is 6.42 Å². The molecule has 22 heavy (non-hydrogen) atoms. The van der Waals surface area contributed by atoms with Crippen molar-refractivity contribution in [2.24, 2.45) is 5.73 Å². The number of imidazole rings is 1. The summed E-state index contributed by atoms with van der Waals surface area (Å²) in [5.41, 5.74) is 7.10. The number of amides is 1. The van der Waals surface area contributed by atoms with Gasteiger partial charge in [-0.25, -0.2) is 9.37 Å². The number of hydrogen-bond acceptors (Lipinski definition) is 3. The maximum absolute atomic E-state index is 13.4. The third-order valence-corrected chi connectivity index (χ3v) is 4.39. The van der Waals surface area contributed by atoms with Gasteiger partial charge >= 0.3 is 0 Å². The van der Waals surface area contributed by atoms with Gasteiger partial charge in [-0.05, 0) is 38.4 Å². The number of piperidine rings is 1. The van der Waals surface area contributed by atoms with Crippen molar-refractivity contribution in [1.29, 1.82) is 0 Å². The van der Waals surface area contributed by atoms with Gasteiger partial charge in [0.1, 0.15) is 11.6 Å². The molecule has 2 aromatic rings. The Bertz CT molecular complexity index is 697. The number of benzene rings is 1. The van der Waals surface area contributed by atoms with Gasteiger partial charge in [0, 0.05) is 12.6 Å². The van der Waals surface area contributed by atoms with E-state index in [1.165, 1.54) is 12.1 Å². The molecule has 1 amide bonds. The van der Waals surface area contributed by atoms with Gasteiger partial charge in [0.25, 0.3) is 0 Å². The zero-order chi connectivity index (χ0) is 15.7. The molecular weight excluding hydrogens is 283 g/mol. The van der Waals surface area contributed by atoms with Crippen molar-refractivity contribution in [2.45, 2.75) is 45.3 Å². The number of hydrogen-bond donors (Lipinski definition) is 1. The second-order valence-electron chi connectivity index (χ2n) is 5.79. The van der Waals surface area contributed by atoms with Crippen molar-refractivity contribution in [2.75, 3.05) is 6.54 Å². The monoisotopic (exact) mass is 304 g/mol. The van der Waals surface area contributed by atoms with Gasteiger partial charge < -0.3 is 10.3 Å². The standard InChI is InChI=1S/C16H21FN4O/c1-2-21-13-7-6-11(17)9-12(13)19-15(21)10-20-8-4-3-5-14(20)16(18)22/h6-7,9,14H,2-5,8,10H2,1H3,(H2,18,22)/t14-/m1/s1. The minimum Gasteiger partial charge on any atom is -0.368 e. The first-order chi connectivity index (χ1) is 10.6. The van der Waals surface area contributed by atoms with Crippen LogP contribution in [0.4, 0.5) is 4.39 Å². The van der Waals surface area contributed by atoms with Crippen LogP contribution < -0.4 is 5.73 Å². The summed E-state index contributed by atoms with van der Waals surface area (Å²) >= 11 is 0. The number of rotatable bonds is 4. The largest absolute Gasteiger partial charge is 0.368 e. The fourth-order valence-electron chi connectivity index (χ4n) is 3.31. The fourth-order valence-corrected chi connectivity index (χ4v) is 3.31. The van der Waals surface area contributed by atoms with Crippen LogP contribution in [0.15, 0.2) is 18.2 Å².